The number of hydrogen-bond acceptors (Lipinski definition) is 3. The van der Waals surface area contributed by atoms with E-state index < -0.39 is 0 Å². The van der Waals surface area contributed by atoms with Crippen LogP contribution < -0.4 is 16.0 Å². The van der Waals surface area contributed by atoms with Crippen LogP contribution in [0.25, 0.3) is 0 Å². The average molecular weight is 217 g/mol. The molecular weight excluding hydrogens is 202 g/mol. The molecule has 2 aliphatic rings. The summed E-state index contributed by atoms with van der Waals surface area (Å²) in [5.74, 6) is 0.218. The number of anilines is 1. The first-order valence-electron chi connectivity index (χ1n) is 5.64. The lowest BCUT2D eigenvalue weighted by Gasteiger charge is -2.36. The van der Waals surface area contributed by atoms with Crippen molar-refractivity contribution in [2.24, 2.45) is 5.73 Å². The van der Waals surface area contributed by atoms with Crippen LogP contribution in [0, 0.1) is 0 Å². The molecule has 1 aromatic carbocycles. The molecule has 0 atom stereocenters. The van der Waals surface area contributed by atoms with Crippen LogP contribution in [0.15, 0.2) is 18.2 Å². The smallest absolute Gasteiger partial charge is 0.231 e. The van der Waals surface area contributed by atoms with Crippen LogP contribution in [-0.4, -0.2) is 25.0 Å². The molecule has 4 nitrogen and oxygen atoms in total. The van der Waals surface area contributed by atoms with Gasteiger partial charge in [0.05, 0.1) is 12.5 Å². The van der Waals surface area contributed by atoms with Gasteiger partial charge >= 0.3 is 0 Å². The van der Waals surface area contributed by atoms with Crippen molar-refractivity contribution >= 4 is 11.6 Å². The minimum Gasteiger partial charge on any atom is -0.326 e. The Morgan fingerprint density at radius 3 is 2.88 bits per heavy atom. The number of nitrogens with zero attached hydrogens (tertiary/aromatic N) is 1. The van der Waals surface area contributed by atoms with Gasteiger partial charge < -0.3 is 16.0 Å². The van der Waals surface area contributed by atoms with Gasteiger partial charge in [0.2, 0.25) is 5.91 Å². The minimum atomic E-state index is 0.218. The molecule has 1 fully saturated rings. The molecule has 1 saturated heterocycles. The quantitative estimate of drug-likeness (QED) is 0.733. The highest BCUT2D eigenvalue weighted by Gasteiger charge is 2.35. The molecule has 16 heavy (non-hydrogen) atoms. The molecule has 2 aliphatic heterocycles. The van der Waals surface area contributed by atoms with Gasteiger partial charge in [-0.1, -0.05) is 12.1 Å². The van der Waals surface area contributed by atoms with E-state index in [2.05, 4.69) is 11.4 Å². The Morgan fingerprint density at radius 1 is 1.44 bits per heavy atom. The Balaban J connectivity index is 1.97. The van der Waals surface area contributed by atoms with E-state index in [4.69, 9.17) is 5.73 Å². The lowest BCUT2D eigenvalue weighted by Crippen LogP contribution is -2.58. The summed E-state index contributed by atoms with van der Waals surface area (Å²) in [6, 6.07) is 6.44. The van der Waals surface area contributed by atoms with Crippen molar-refractivity contribution in [3.8, 4) is 0 Å². The Bertz CT molecular complexity index is 440. The zero-order valence-corrected chi connectivity index (χ0v) is 9.07. The highest BCUT2D eigenvalue weighted by Crippen LogP contribution is 2.32. The first-order chi connectivity index (χ1) is 7.79. The zero-order valence-electron chi connectivity index (χ0n) is 9.07. The van der Waals surface area contributed by atoms with Crippen LogP contribution in [-0.2, 0) is 17.8 Å². The molecular formula is C12H15N3O. The first kappa shape index (κ1) is 9.81. The summed E-state index contributed by atoms with van der Waals surface area (Å²) in [6.45, 7) is 2.35. The van der Waals surface area contributed by atoms with Crippen molar-refractivity contribution in [1.82, 2.24) is 5.32 Å². The van der Waals surface area contributed by atoms with Crippen molar-refractivity contribution in [2.75, 3.05) is 18.0 Å². The maximum absolute atomic E-state index is 11.9. The van der Waals surface area contributed by atoms with E-state index in [9.17, 15) is 4.79 Å². The van der Waals surface area contributed by atoms with Crippen LogP contribution in [0.3, 0.4) is 0 Å². The summed E-state index contributed by atoms with van der Waals surface area (Å²) in [6.07, 6.45) is 0.527. The molecule has 0 saturated carbocycles. The third-order valence-electron chi connectivity index (χ3n) is 3.37. The maximum Gasteiger partial charge on any atom is 0.231 e. The molecule has 3 N–H and O–H groups in total. The fourth-order valence-corrected chi connectivity index (χ4v) is 2.38. The van der Waals surface area contributed by atoms with E-state index in [0.29, 0.717) is 19.0 Å². The van der Waals surface area contributed by atoms with E-state index >= 15 is 0 Å². The van der Waals surface area contributed by atoms with Crippen molar-refractivity contribution in [3.05, 3.63) is 29.3 Å². The number of nitrogens with one attached hydrogen (secondary N) is 1. The molecule has 0 spiro atoms. The van der Waals surface area contributed by atoms with Crippen LogP contribution in [0.5, 0.6) is 0 Å². The SMILES string of the molecule is NCc1ccc2c(c1)CC(=O)N2C1CNC1. The molecule has 4 heteroatoms. The van der Waals surface area contributed by atoms with Gasteiger partial charge in [-0.3, -0.25) is 4.79 Å². The fraction of sp³-hybridized carbons (Fsp3) is 0.417. The highest BCUT2D eigenvalue weighted by atomic mass is 16.2. The summed E-state index contributed by atoms with van der Waals surface area (Å²) in [7, 11) is 0. The lowest BCUT2D eigenvalue weighted by molar-refractivity contribution is -0.118. The molecule has 3 rings (SSSR count). The Hall–Kier alpha value is -1.39. The van der Waals surface area contributed by atoms with E-state index in [1.807, 2.05) is 17.0 Å². The van der Waals surface area contributed by atoms with Gasteiger partial charge in [-0.2, -0.15) is 0 Å². The third kappa shape index (κ3) is 1.34. The second-order valence-electron chi connectivity index (χ2n) is 4.42. The molecule has 0 aromatic heterocycles. The number of nitrogens with two attached hydrogens (primary N) is 1. The van der Waals surface area contributed by atoms with Crippen LogP contribution in [0.1, 0.15) is 11.1 Å². The Kier molecular flexibility index (Phi) is 2.19. The number of amides is 1. The van der Waals surface area contributed by atoms with Crippen LogP contribution >= 0.6 is 0 Å². The first-order valence-corrected chi connectivity index (χ1v) is 5.64. The second-order valence-corrected chi connectivity index (χ2v) is 4.42. The molecule has 84 valence electrons. The Morgan fingerprint density at radius 2 is 2.25 bits per heavy atom. The van der Waals surface area contributed by atoms with Crippen molar-refractivity contribution < 1.29 is 4.79 Å². The molecule has 0 aliphatic carbocycles. The average Bonchev–Trinajstić information content (AvgIpc) is 2.53. The highest BCUT2D eigenvalue weighted by molar-refractivity contribution is 6.02. The van der Waals surface area contributed by atoms with Crippen LogP contribution in [0.4, 0.5) is 5.69 Å². The normalized spacial score (nSPS) is 19.8. The predicted molar refractivity (Wildman–Crippen MR) is 62.2 cm³/mol. The monoisotopic (exact) mass is 217 g/mol. The minimum absolute atomic E-state index is 0.218. The van der Waals surface area contributed by atoms with Gasteiger partial charge in [0, 0.05) is 25.3 Å². The predicted octanol–water partition coefficient (Wildman–Crippen LogP) is 0.00620. The summed E-state index contributed by atoms with van der Waals surface area (Å²) >= 11 is 0. The maximum atomic E-state index is 11.9. The molecule has 0 radical (unpaired) electrons. The van der Waals surface area contributed by atoms with Gasteiger partial charge in [-0.25, -0.2) is 0 Å². The molecule has 2 heterocycles. The summed E-state index contributed by atoms with van der Waals surface area (Å²) in [4.78, 5) is 13.9. The molecule has 0 unspecified atom stereocenters. The van der Waals surface area contributed by atoms with Gasteiger partial charge in [-0.05, 0) is 17.2 Å². The number of hydrogen-bond donors (Lipinski definition) is 2. The van der Waals surface area contributed by atoms with Gasteiger partial charge in [0.25, 0.3) is 0 Å². The van der Waals surface area contributed by atoms with Crippen LogP contribution in [0.2, 0.25) is 0 Å². The van der Waals surface area contributed by atoms with E-state index in [-0.39, 0.29) is 5.91 Å². The van der Waals surface area contributed by atoms with Crippen molar-refractivity contribution in [1.29, 1.82) is 0 Å². The third-order valence-corrected chi connectivity index (χ3v) is 3.37. The number of rotatable bonds is 2. The number of benzene rings is 1. The van der Waals surface area contributed by atoms with Gasteiger partial charge in [0.15, 0.2) is 0 Å². The van der Waals surface area contributed by atoms with E-state index in [0.717, 1.165) is 29.9 Å². The van der Waals surface area contributed by atoms with Crippen molar-refractivity contribution in [3.63, 3.8) is 0 Å². The molecule has 1 aromatic rings. The van der Waals surface area contributed by atoms with Crippen molar-refractivity contribution in [2.45, 2.75) is 19.0 Å². The van der Waals surface area contributed by atoms with E-state index in [1.54, 1.807) is 0 Å². The summed E-state index contributed by atoms with van der Waals surface area (Å²) in [5, 5.41) is 3.20. The summed E-state index contributed by atoms with van der Waals surface area (Å²) in [5.41, 5.74) is 8.90. The van der Waals surface area contributed by atoms with E-state index in [1.165, 1.54) is 0 Å². The second kappa shape index (κ2) is 3.57. The summed E-state index contributed by atoms with van der Waals surface area (Å²) < 4.78 is 0. The molecule has 0 bridgehead atoms. The number of fused-ring (bicyclic) bond motifs is 1. The fourth-order valence-electron chi connectivity index (χ4n) is 2.38. The van der Waals surface area contributed by atoms with Gasteiger partial charge in [-0.15, -0.1) is 0 Å². The number of carbonyl (C=O) groups excluding carboxylic acids is 1. The standard InChI is InChI=1S/C12H15N3O/c13-5-8-1-2-11-9(3-8)4-12(16)15(11)10-6-14-7-10/h1-3,10,14H,4-7,13H2. The topological polar surface area (TPSA) is 58.4 Å². The lowest BCUT2D eigenvalue weighted by atomic mass is 10.1. The largest absolute Gasteiger partial charge is 0.326 e. The molecule has 1 amide bonds. The Labute approximate surface area is 94.4 Å². The zero-order chi connectivity index (χ0) is 11.1. The van der Waals surface area contributed by atoms with Gasteiger partial charge in [0.1, 0.15) is 0 Å². The number of carbonyl (C=O) groups is 1.